The summed E-state index contributed by atoms with van der Waals surface area (Å²) in [5.41, 5.74) is 3.68. The Hall–Kier alpha value is -2.51. The van der Waals surface area contributed by atoms with E-state index in [1.165, 1.54) is 20.4 Å². The lowest BCUT2D eigenvalue weighted by molar-refractivity contribution is 0.0929. The van der Waals surface area contributed by atoms with Crippen LogP contribution in [0.2, 0.25) is 5.02 Å². The Morgan fingerprint density at radius 1 is 1.23 bits per heavy atom. The third-order valence-electron chi connectivity index (χ3n) is 3.54. The van der Waals surface area contributed by atoms with Crippen molar-refractivity contribution in [1.29, 1.82) is 0 Å². The zero-order valence-corrected chi connectivity index (χ0v) is 16.2. The lowest BCUT2D eigenvalue weighted by Crippen LogP contribution is -2.16. The average Bonchev–Trinajstić information content (AvgIpc) is 3.04. The van der Waals surface area contributed by atoms with E-state index in [1.54, 1.807) is 24.3 Å². The topological polar surface area (TPSA) is 73.1 Å². The maximum atomic E-state index is 12.2. The predicted octanol–water partition coefficient (Wildman–Crippen LogP) is 4.63. The van der Waals surface area contributed by atoms with Crippen molar-refractivity contribution in [3.8, 4) is 11.5 Å². The second kappa shape index (κ2) is 7.80. The number of nitrogens with one attached hydrogen (secondary N) is 1. The van der Waals surface area contributed by atoms with Gasteiger partial charge >= 0.3 is 5.91 Å². The molecule has 3 aromatic rings. The summed E-state index contributed by atoms with van der Waals surface area (Å²) in [6.45, 7) is 0. The molecule has 1 amide bonds. The quantitative estimate of drug-likeness (QED) is 0.466. The molecule has 6 nitrogen and oxygen atoms in total. The number of carbonyl (C=O) groups excluding carboxylic acids is 1. The number of hydrazone groups is 1. The van der Waals surface area contributed by atoms with Gasteiger partial charge in [0.05, 0.1) is 25.5 Å². The number of hydrogen-bond acceptors (Lipinski definition) is 5. The molecule has 0 atom stereocenters. The first-order valence-electron chi connectivity index (χ1n) is 7.46. The van der Waals surface area contributed by atoms with Crippen molar-refractivity contribution in [2.75, 3.05) is 14.2 Å². The van der Waals surface area contributed by atoms with Crippen LogP contribution in [0.5, 0.6) is 11.5 Å². The van der Waals surface area contributed by atoms with E-state index in [0.717, 1.165) is 9.86 Å². The maximum absolute atomic E-state index is 12.2. The van der Waals surface area contributed by atoms with Gasteiger partial charge in [-0.2, -0.15) is 5.10 Å². The normalized spacial score (nSPS) is 11.1. The van der Waals surface area contributed by atoms with Crippen LogP contribution in [0.25, 0.3) is 11.0 Å². The Morgan fingerprint density at radius 3 is 2.77 bits per heavy atom. The Kier molecular flexibility index (Phi) is 5.49. The average molecular weight is 438 g/mol. The lowest BCUT2D eigenvalue weighted by Gasteiger charge is -2.09. The summed E-state index contributed by atoms with van der Waals surface area (Å²) in [5.74, 6) is 0.611. The number of hydrogen-bond donors (Lipinski definition) is 1. The van der Waals surface area contributed by atoms with Crippen molar-refractivity contribution in [3.05, 3.63) is 57.2 Å². The first-order chi connectivity index (χ1) is 12.5. The number of methoxy groups -OCH3 is 2. The van der Waals surface area contributed by atoms with Crippen LogP contribution in [0.4, 0.5) is 0 Å². The number of fused-ring (bicyclic) bond motifs is 1. The Bertz CT molecular complexity index is 1000. The van der Waals surface area contributed by atoms with Gasteiger partial charge in [-0.25, -0.2) is 5.43 Å². The Morgan fingerprint density at radius 2 is 2.04 bits per heavy atom. The van der Waals surface area contributed by atoms with Gasteiger partial charge in [0, 0.05) is 9.86 Å². The number of amides is 1. The molecular formula is C18H14BrClN2O4. The minimum atomic E-state index is -0.458. The minimum absolute atomic E-state index is 0.167. The molecule has 0 saturated carbocycles. The number of halogens is 2. The summed E-state index contributed by atoms with van der Waals surface area (Å²) in [6.07, 6.45) is 1.45. The standard InChI is InChI=1S/C18H14BrClN2O4/c1-24-15-6-10(5-13(20)17(15)25-2)9-21-22-18(23)16-8-11-7-12(19)3-4-14(11)26-16/h3-9H,1-2H3,(H,22,23)/b21-9+. The lowest BCUT2D eigenvalue weighted by atomic mass is 10.2. The number of ether oxygens (including phenoxy) is 2. The fourth-order valence-electron chi connectivity index (χ4n) is 2.36. The van der Waals surface area contributed by atoms with Crippen molar-refractivity contribution in [2.45, 2.75) is 0 Å². The van der Waals surface area contributed by atoms with Gasteiger partial charge in [0.25, 0.3) is 0 Å². The van der Waals surface area contributed by atoms with Crippen LogP contribution in [0, 0.1) is 0 Å². The van der Waals surface area contributed by atoms with Crippen molar-refractivity contribution in [1.82, 2.24) is 5.43 Å². The van der Waals surface area contributed by atoms with Gasteiger partial charge in [-0.3, -0.25) is 4.79 Å². The van der Waals surface area contributed by atoms with Crippen LogP contribution in [0.1, 0.15) is 16.1 Å². The summed E-state index contributed by atoms with van der Waals surface area (Å²) in [4.78, 5) is 12.2. The molecule has 0 radical (unpaired) electrons. The third kappa shape index (κ3) is 3.84. The van der Waals surface area contributed by atoms with Gasteiger partial charge in [0.15, 0.2) is 17.3 Å². The van der Waals surface area contributed by atoms with Crippen LogP contribution in [-0.4, -0.2) is 26.3 Å². The van der Waals surface area contributed by atoms with Crippen LogP contribution in [-0.2, 0) is 0 Å². The molecule has 0 saturated heterocycles. The highest BCUT2D eigenvalue weighted by molar-refractivity contribution is 9.10. The summed E-state index contributed by atoms with van der Waals surface area (Å²) in [6, 6.07) is 10.5. The van der Waals surface area contributed by atoms with Gasteiger partial charge in [-0.15, -0.1) is 0 Å². The zero-order chi connectivity index (χ0) is 18.7. The molecule has 134 valence electrons. The van der Waals surface area contributed by atoms with Gasteiger partial charge in [-0.1, -0.05) is 27.5 Å². The molecule has 3 rings (SSSR count). The monoisotopic (exact) mass is 436 g/mol. The highest BCUT2D eigenvalue weighted by Crippen LogP contribution is 2.35. The maximum Gasteiger partial charge on any atom is 0.307 e. The van der Waals surface area contributed by atoms with Crippen LogP contribution >= 0.6 is 27.5 Å². The highest BCUT2D eigenvalue weighted by atomic mass is 79.9. The van der Waals surface area contributed by atoms with Gasteiger partial charge in [0.1, 0.15) is 5.58 Å². The highest BCUT2D eigenvalue weighted by Gasteiger charge is 2.12. The largest absolute Gasteiger partial charge is 0.493 e. The first kappa shape index (κ1) is 18.3. The van der Waals surface area contributed by atoms with E-state index in [2.05, 4.69) is 26.5 Å². The molecule has 2 aromatic carbocycles. The van der Waals surface area contributed by atoms with E-state index in [9.17, 15) is 4.79 Å². The van der Waals surface area contributed by atoms with Crippen molar-refractivity contribution >= 4 is 50.6 Å². The van der Waals surface area contributed by atoms with Crippen molar-refractivity contribution in [2.24, 2.45) is 5.10 Å². The molecular weight excluding hydrogens is 424 g/mol. The van der Waals surface area contributed by atoms with Gasteiger partial charge < -0.3 is 13.9 Å². The van der Waals surface area contributed by atoms with Crippen LogP contribution in [0.15, 0.2) is 50.4 Å². The number of benzene rings is 2. The van der Waals surface area contributed by atoms with Crippen molar-refractivity contribution < 1.29 is 18.7 Å². The molecule has 1 N–H and O–H groups in total. The van der Waals surface area contributed by atoms with Crippen LogP contribution < -0.4 is 14.9 Å². The fraction of sp³-hybridized carbons (Fsp3) is 0.111. The van der Waals surface area contributed by atoms with Gasteiger partial charge in [0.2, 0.25) is 0 Å². The smallest absolute Gasteiger partial charge is 0.307 e. The molecule has 0 aliphatic rings. The zero-order valence-electron chi connectivity index (χ0n) is 13.9. The summed E-state index contributed by atoms with van der Waals surface area (Å²) in [7, 11) is 3.01. The second-order valence-electron chi connectivity index (χ2n) is 5.23. The third-order valence-corrected chi connectivity index (χ3v) is 4.31. The van der Waals surface area contributed by atoms with E-state index in [1.807, 2.05) is 12.1 Å². The molecule has 0 unspecified atom stereocenters. The van der Waals surface area contributed by atoms with E-state index >= 15 is 0 Å². The Labute approximate surface area is 162 Å². The molecule has 0 fully saturated rings. The second-order valence-corrected chi connectivity index (χ2v) is 6.55. The van der Waals surface area contributed by atoms with E-state index in [-0.39, 0.29) is 5.76 Å². The molecule has 0 aliphatic heterocycles. The van der Waals surface area contributed by atoms with Crippen molar-refractivity contribution in [3.63, 3.8) is 0 Å². The molecule has 8 heteroatoms. The SMILES string of the molecule is COc1cc(/C=N/NC(=O)c2cc3cc(Br)ccc3o2)cc(Cl)c1OC. The summed E-state index contributed by atoms with van der Waals surface area (Å²) in [5, 5.41) is 5.13. The fourth-order valence-corrected chi connectivity index (χ4v) is 3.03. The minimum Gasteiger partial charge on any atom is -0.493 e. The molecule has 0 bridgehead atoms. The number of nitrogens with zero attached hydrogens (tertiary/aromatic N) is 1. The molecule has 26 heavy (non-hydrogen) atoms. The van der Waals surface area contributed by atoms with E-state index in [0.29, 0.717) is 27.7 Å². The molecule has 1 heterocycles. The predicted molar refractivity (Wildman–Crippen MR) is 104 cm³/mol. The molecule has 1 aromatic heterocycles. The summed E-state index contributed by atoms with van der Waals surface area (Å²) >= 11 is 9.51. The first-order valence-corrected chi connectivity index (χ1v) is 8.63. The number of rotatable bonds is 5. The van der Waals surface area contributed by atoms with E-state index < -0.39 is 5.91 Å². The van der Waals surface area contributed by atoms with E-state index in [4.69, 9.17) is 25.5 Å². The van der Waals surface area contributed by atoms with Crippen LogP contribution in [0.3, 0.4) is 0 Å². The Balaban J connectivity index is 1.75. The molecule has 0 aliphatic carbocycles. The number of carbonyl (C=O) groups is 1. The van der Waals surface area contributed by atoms with Gasteiger partial charge in [-0.05, 0) is 42.0 Å². The summed E-state index contributed by atoms with van der Waals surface area (Å²) < 4.78 is 16.8. The number of furan rings is 1. The molecule has 0 spiro atoms.